The zero-order chi connectivity index (χ0) is 13.2. The lowest BCUT2D eigenvalue weighted by molar-refractivity contribution is -0.142. The van der Waals surface area contributed by atoms with Crippen LogP contribution in [0.3, 0.4) is 0 Å². The molecule has 0 aliphatic carbocycles. The maximum absolute atomic E-state index is 12.0. The summed E-state index contributed by atoms with van der Waals surface area (Å²) >= 11 is 1.49. The van der Waals surface area contributed by atoms with Gasteiger partial charge in [0.1, 0.15) is 11.6 Å². The highest BCUT2D eigenvalue weighted by Crippen LogP contribution is 2.32. The number of nitrogens with zero attached hydrogens (tertiary/aromatic N) is 1. The first-order valence-electron chi connectivity index (χ1n) is 5.62. The SMILES string of the molecule is CC[C@@H]1SC[C@H](C(=O)O)N1C(=O)OC(C)(C)C. The number of hydrogen-bond acceptors (Lipinski definition) is 4. The van der Waals surface area contributed by atoms with E-state index < -0.39 is 23.7 Å². The summed E-state index contributed by atoms with van der Waals surface area (Å²) in [6, 6.07) is -0.778. The minimum atomic E-state index is -0.973. The van der Waals surface area contributed by atoms with Crippen molar-refractivity contribution in [3.63, 3.8) is 0 Å². The molecule has 0 aromatic carbocycles. The van der Waals surface area contributed by atoms with Gasteiger partial charge in [-0.15, -0.1) is 11.8 Å². The minimum absolute atomic E-state index is 0.106. The topological polar surface area (TPSA) is 66.8 Å². The van der Waals surface area contributed by atoms with Crippen LogP contribution in [0.25, 0.3) is 0 Å². The van der Waals surface area contributed by atoms with Crippen molar-refractivity contribution in [3.8, 4) is 0 Å². The number of carbonyl (C=O) groups excluding carboxylic acids is 1. The highest BCUT2D eigenvalue weighted by Gasteiger charge is 2.42. The molecule has 1 amide bonds. The van der Waals surface area contributed by atoms with Gasteiger partial charge in [0.05, 0.1) is 5.37 Å². The Hall–Kier alpha value is -0.910. The van der Waals surface area contributed by atoms with Crippen LogP contribution in [-0.4, -0.2) is 44.8 Å². The van der Waals surface area contributed by atoms with E-state index in [-0.39, 0.29) is 5.37 Å². The molecule has 1 rings (SSSR count). The van der Waals surface area contributed by atoms with Gasteiger partial charge in [-0.05, 0) is 27.2 Å². The van der Waals surface area contributed by atoms with E-state index in [0.717, 1.165) is 0 Å². The number of ether oxygens (including phenoxy) is 1. The van der Waals surface area contributed by atoms with E-state index in [1.807, 2.05) is 6.92 Å². The Morgan fingerprint density at radius 2 is 2.06 bits per heavy atom. The van der Waals surface area contributed by atoms with Crippen molar-refractivity contribution >= 4 is 23.8 Å². The molecule has 2 atom stereocenters. The molecule has 0 aromatic rings. The fourth-order valence-electron chi connectivity index (χ4n) is 1.63. The summed E-state index contributed by atoms with van der Waals surface area (Å²) in [4.78, 5) is 24.4. The molecule has 1 aliphatic heterocycles. The molecule has 1 heterocycles. The third kappa shape index (κ3) is 3.52. The summed E-state index contributed by atoms with van der Waals surface area (Å²) in [7, 11) is 0. The van der Waals surface area contributed by atoms with Crippen LogP contribution >= 0.6 is 11.8 Å². The quantitative estimate of drug-likeness (QED) is 0.825. The second-order valence-corrected chi connectivity index (χ2v) is 6.15. The Morgan fingerprint density at radius 3 is 2.47 bits per heavy atom. The smallest absolute Gasteiger partial charge is 0.411 e. The number of carboxylic acid groups (broad SMARTS) is 1. The van der Waals surface area contributed by atoms with Gasteiger partial charge in [0, 0.05) is 5.75 Å². The van der Waals surface area contributed by atoms with Crippen LogP contribution in [0.1, 0.15) is 34.1 Å². The van der Waals surface area contributed by atoms with Gasteiger partial charge >= 0.3 is 12.1 Å². The molecule has 0 bridgehead atoms. The van der Waals surface area contributed by atoms with Crippen molar-refractivity contribution < 1.29 is 19.4 Å². The fraction of sp³-hybridized carbons (Fsp3) is 0.818. The van der Waals surface area contributed by atoms with Crippen LogP contribution in [0.4, 0.5) is 4.79 Å². The first-order chi connectivity index (χ1) is 7.76. The standard InChI is InChI=1S/C11H19NO4S/c1-5-8-12(7(6-17-8)9(13)14)10(15)16-11(2,3)4/h7-8H,5-6H2,1-4H3,(H,13,14)/t7-,8+/m1/s1. The number of hydrogen-bond donors (Lipinski definition) is 1. The Balaban J connectivity index is 2.82. The van der Waals surface area contributed by atoms with Crippen LogP contribution in [0.2, 0.25) is 0 Å². The molecule has 17 heavy (non-hydrogen) atoms. The van der Waals surface area contributed by atoms with Crippen molar-refractivity contribution in [1.29, 1.82) is 0 Å². The molecular formula is C11H19NO4S. The fourth-order valence-corrected chi connectivity index (χ4v) is 2.96. The van der Waals surface area contributed by atoms with E-state index in [2.05, 4.69) is 0 Å². The molecule has 1 fully saturated rings. The van der Waals surface area contributed by atoms with Gasteiger partial charge in [0.15, 0.2) is 0 Å². The number of thioether (sulfide) groups is 1. The molecule has 0 radical (unpaired) electrons. The van der Waals surface area contributed by atoms with Gasteiger partial charge in [-0.25, -0.2) is 9.59 Å². The van der Waals surface area contributed by atoms with Crippen LogP contribution in [0, 0.1) is 0 Å². The van der Waals surface area contributed by atoms with Gasteiger partial charge in [0.25, 0.3) is 0 Å². The molecule has 1 N–H and O–H groups in total. The Morgan fingerprint density at radius 1 is 1.47 bits per heavy atom. The summed E-state index contributed by atoms with van der Waals surface area (Å²) in [5.41, 5.74) is -0.605. The molecular weight excluding hydrogens is 242 g/mol. The van der Waals surface area contributed by atoms with E-state index in [4.69, 9.17) is 9.84 Å². The molecule has 0 spiro atoms. The van der Waals surface area contributed by atoms with Gasteiger partial charge < -0.3 is 9.84 Å². The number of amides is 1. The second-order valence-electron chi connectivity index (χ2n) is 4.94. The first kappa shape index (κ1) is 14.2. The van der Waals surface area contributed by atoms with Gasteiger partial charge in [-0.1, -0.05) is 6.92 Å². The predicted octanol–water partition coefficient (Wildman–Crippen LogP) is 2.16. The zero-order valence-corrected chi connectivity index (χ0v) is 11.4. The van der Waals surface area contributed by atoms with E-state index in [1.165, 1.54) is 16.7 Å². The highest BCUT2D eigenvalue weighted by molar-refractivity contribution is 8.00. The highest BCUT2D eigenvalue weighted by atomic mass is 32.2. The van der Waals surface area contributed by atoms with Crippen LogP contribution in [0.5, 0.6) is 0 Å². The Kier molecular flexibility index (Phi) is 4.30. The van der Waals surface area contributed by atoms with Crippen LogP contribution in [-0.2, 0) is 9.53 Å². The monoisotopic (exact) mass is 261 g/mol. The Bertz CT molecular complexity index is 313. The molecule has 1 aliphatic rings. The molecule has 6 heteroatoms. The van der Waals surface area contributed by atoms with Crippen molar-refractivity contribution in [1.82, 2.24) is 4.90 Å². The van der Waals surface area contributed by atoms with E-state index >= 15 is 0 Å². The average Bonchev–Trinajstić information content (AvgIpc) is 2.57. The summed E-state index contributed by atoms with van der Waals surface area (Å²) in [6.07, 6.45) is 0.176. The normalized spacial score (nSPS) is 24.8. The zero-order valence-electron chi connectivity index (χ0n) is 10.6. The van der Waals surface area contributed by atoms with Crippen LogP contribution in [0.15, 0.2) is 0 Å². The van der Waals surface area contributed by atoms with E-state index in [0.29, 0.717) is 12.2 Å². The summed E-state index contributed by atoms with van der Waals surface area (Å²) < 4.78 is 5.24. The van der Waals surface area contributed by atoms with Crippen molar-refractivity contribution in [2.75, 3.05) is 5.75 Å². The van der Waals surface area contributed by atoms with E-state index in [9.17, 15) is 9.59 Å². The first-order valence-corrected chi connectivity index (χ1v) is 6.67. The maximum atomic E-state index is 12.0. The van der Waals surface area contributed by atoms with Gasteiger partial charge in [-0.3, -0.25) is 4.90 Å². The number of aliphatic carboxylic acids is 1. The van der Waals surface area contributed by atoms with Crippen molar-refractivity contribution in [2.24, 2.45) is 0 Å². The van der Waals surface area contributed by atoms with Gasteiger partial charge in [-0.2, -0.15) is 0 Å². The van der Waals surface area contributed by atoms with Crippen molar-refractivity contribution in [3.05, 3.63) is 0 Å². The molecule has 98 valence electrons. The summed E-state index contributed by atoms with van der Waals surface area (Å²) in [5, 5.41) is 8.98. The minimum Gasteiger partial charge on any atom is -0.480 e. The lowest BCUT2D eigenvalue weighted by atomic mass is 10.2. The van der Waals surface area contributed by atoms with Crippen molar-refractivity contribution in [2.45, 2.75) is 51.1 Å². The average molecular weight is 261 g/mol. The second kappa shape index (κ2) is 5.16. The molecule has 1 saturated heterocycles. The third-order valence-corrected chi connectivity index (χ3v) is 3.78. The molecule has 0 unspecified atom stereocenters. The maximum Gasteiger partial charge on any atom is 0.411 e. The molecule has 5 nitrogen and oxygen atoms in total. The number of carbonyl (C=O) groups is 2. The van der Waals surface area contributed by atoms with Crippen LogP contribution < -0.4 is 0 Å². The van der Waals surface area contributed by atoms with E-state index in [1.54, 1.807) is 20.8 Å². The number of rotatable bonds is 2. The predicted molar refractivity (Wildman–Crippen MR) is 66.0 cm³/mol. The largest absolute Gasteiger partial charge is 0.480 e. The molecule has 0 saturated carbocycles. The lowest BCUT2D eigenvalue weighted by Gasteiger charge is -2.29. The lowest BCUT2D eigenvalue weighted by Crippen LogP contribution is -2.47. The Labute approximate surface area is 105 Å². The summed E-state index contributed by atoms with van der Waals surface area (Å²) in [6.45, 7) is 7.24. The van der Waals surface area contributed by atoms with Gasteiger partial charge in [0.2, 0.25) is 0 Å². The third-order valence-electron chi connectivity index (χ3n) is 2.33. The molecule has 0 aromatic heterocycles. The summed E-state index contributed by atoms with van der Waals surface area (Å²) in [5.74, 6) is -0.549. The number of carboxylic acids is 1.